The van der Waals surface area contributed by atoms with Crippen molar-refractivity contribution >= 4 is 21.4 Å². The molecule has 1 aromatic rings. The van der Waals surface area contributed by atoms with Gasteiger partial charge < -0.3 is 10.0 Å². The Bertz CT molecular complexity index is 507. The number of carbonyl (C=O) groups excluding carboxylic acids is 1. The zero-order valence-electron chi connectivity index (χ0n) is 10.5. The van der Waals surface area contributed by atoms with E-state index in [1.807, 2.05) is 0 Å². The quantitative estimate of drug-likeness (QED) is 0.872. The number of anilines is 1. The van der Waals surface area contributed by atoms with E-state index in [0.29, 0.717) is 12.1 Å². The highest BCUT2D eigenvalue weighted by molar-refractivity contribution is 7.90. The zero-order valence-corrected chi connectivity index (χ0v) is 11.3. The maximum Gasteiger partial charge on any atom is 0.226 e. The van der Waals surface area contributed by atoms with Gasteiger partial charge in [0.1, 0.15) is 15.6 Å². The van der Waals surface area contributed by atoms with Gasteiger partial charge in [-0.15, -0.1) is 0 Å². The first-order valence-corrected chi connectivity index (χ1v) is 7.59. The smallest absolute Gasteiger partial charge is 0.226 e. The van der Waals surface area contributed by atoms with Crippen molar-refractivity contribution < 1.29 is 18.3 Å². The molecule has 1 aromatic carbocycles. The van der Waals surface area contributed by atoms with E-state index in [1.54, 1.807) is 19.2 Å². The van der Waals surface area contributed by atoms with Crippen LogP contribution in [-0.2, 0) is 14.6 Å². The van der Waals surface area contributed by atoms with Gasteiger partial charge in [0.15, 0.2) is 0 Å². The lowest BCUT2D eigenvalue weighted by Gasteiger charge is -2.17. The van der Waals surface area contributed by atoms with E-state index >= 15 is 0 Å². The molecule has 1 rings (SSSR count). The lowest BCUT2D eigenvalue weighted by molar-refractivity contribution is -0.118. The summed E-state index contributed by atoms with van der Waals surface area (Å²) in [5.74, 6) is 0.00308. The molecule has 0 aliphatic carbocycles. The average molecular weight is 271 g/mol. The molecule has 0 spiro atoms. The Kier molecular flexibility index (Phi) is 4.72. The Morgan fingerprint density at radius 3 is 2.33 bits per heavy atom. The molecule has 5 nitrogen and oxygen atoms in total. The number of nitrogens with zero attached hydrogens (tertiary/aromatic N) is 1. The molecule has 0 aromatic heterocycles. The summed E-state index contributed by atoms with van der Waals surface area (Å²) in [6.07, 6.45) is 1.66. The molecule has 0 fully saturated rings. The Hall–Kier alpha value is -1.56. The van der Waals surface area contributed by atoms with Crippen LogP contribution in [0.2, 0.25) is 0 Å². The number of sulfone groups is 1. The third-order valence-electron chi connectivity index (χ3n) is 2.52. The fraction of sp³-hybridized carbons (Fsp3) is 0.417. The van der Waals surface area contributed by atoms with Gasteiger partial charge in [0.25, 0.3) is 0 Å². The van der Waals surface area contributed by atoms with E-state index in [0.717, 1.165) is 6.26 Å². The number of amides is 1. The van der Waals surface area contributed by atoms with Crippen molar-refractivity contribution in [1.29, 1.82) is 0 Å². The Morgan fingerprint density at radius 1 is 1.28 bits per heavy atom. The lowest BCUT2D eigenvalue weighted by Crippen LogP contribution is -2.26. The molecule has 0 saturated heterocycles. The predicted octanol–water partition coefficient (Wildman–Crippen LogP) is 1.18. The number of hydrogen-bond acceptors (Lipinski definition) is 4. The van der Waals surface area contributed by atoms with Gasteiger partial charge in [0.2, 0.25) is 5.91 Å². The zero-order chi connectivity index (χ0) is 13.8. The lowest BCUT2D eigenvalue weighted by atomic mass is 10.2. The van der Waals surface area contributed by atoms with Crippen molar-refractivity contribution in [3.05, 3.63) is 24.3 Å². The molecular formula is C12H17NO4S. The molecule has 18 heavy (non-hydrogen) atoms. The number of carbonyl (C=O) groups is 1. The second kappa shape index (κ2) is 5.86. The SMILES string of the molecule is CN(C(=O)CCCS(C)(=O)=O)c1ccc(O)cc1. The first-order chi connectivity index (χ1) is 8.29. The molecular weight excluding hydrogens is 254 g/mol. The van der Waals surface area contributed by atoms with Crippen molar-refractivity contribution in [2.45, 2.75) is 12.8 Å². The topological polar surface area (TPSA) is 74.7 Å². The fourth-order valence-electron chi connectivity index (χ4n) is 1.47. The summed E-state index contributed by atoms with van der Waals surface area (Å²) in [5.41, 5.74) is 0.664. The molecule has 0 radical (unpaired) electrons. The van der Waals surface area contributed by atoms with E-state index in [-0.39, 0.29) is 23.8 Å². The van der Waals surface area contributed by atoms with Crippen molar-refractivity contribution in [2.24, 2.45) is 0 Å². The van der Waals surface area contributed by atoms with Crippen molar-refractivity contribution in [3.63, 3.8) is 0 Å². The monoisotopic (exact) mass is 271 g/mol. The number of aromatic hydroxyl groups is 1. The number of phenolic OH excluding ortho intramolecular Hbond substituents is 1. The van der Waals surface area contributed by atoms with E-state index in [2.05, 4.69) is 0 Å². The predicted molar refractivity (Wildman–Crippen MR) is 70.5 cm³/mol. The first kappa shape index (κ1) is 14.5. The van der Waals surface area contributed by atoms with Crippen LogP contribution in [0.1, 0.15) is 12.8 Å². The number of phenols is 1. The van der Waals surface area contributed by atoms with Gasteiger partial charge in [-0.25, -0.2) is 8.42 Å². The molecule has 0 aliphatic heterocycles. The molecule has 0 heterocycles. The molecule has 100 valence electrons. The number of rotatable bonds is 5. The minimum atomic E-state index is -3.02. The van der Waals surface area contributed by atoms with Gasteiger partial charge in [-0.2, -0.15) is 0 Å². The number of hydrogen-bond donors (Lipinski definition) is 1. The number of benzene rings is 1. The van der Waals surface area contributed by atoms with Gasteiger partial charge in [-0.05, 0) is 30.7 Å². The average Bonchev–Trinajstić information content (AvgIpc) is 2.27. The highest BCUT2D eigenvalue weighted by Crippen LogP contribution is 2.18. The highest BCUT2D eigenvalue weighted by atomic mass is 32.2. The van der Waals surface area contributed by atoms with E-state index in [4.69, 9.17) is 5.11 Å². The van der Waals surface area contributed by atoms with Gasteiger partial charge in [-0.3, -0.25) is 4.79 Å². The van der Waals surface area contributed by atoms with E-state index in [9.17, 15) is 13.2 Å². The molecule has 0 bridgehead atoms. The van der Waals surface area contributed by atoms with E-state index in [1.165, 1.54) is 17.0 Å². The summed E-state index contributed by atoms with van der Waals surface area (Å²) in [6.45, 7) is 0. The van der Waals surface area contributed by atoms with Crippen LogP contribution in [0.15, 0.2) is 24.3 Å². The summed E-state index contributed by atoms with van der Waals surface area (Å²) in [4.78, 5) is 13.2. The molecule has 0 aliphatic rings. The molecule has 0 saturated carbocycles. The van der Waals surface area contributed by atoms with Crippen molar-refractivity contribution in [3.8, 4) is 5.75 Å². The molecule has 1 N–H and O–H groups in total. The van der Waals surface area contributed by atoms with Crippen molar-refractivity contribution in [2.75, 3.05) is 24.0 Å². The van der Waals surface area contributed by atoms with Crippen LogP contribution < -0.4 is 4.90 Å². The van der Waals surface area contributed by atoms with E-state index < -0.39 is 9.84 Å². The van der Waals surface area contributed by atoms with Crippen LogP contribution >= 0.6 is 0 Å². The Balaban J connectivity index is 2.54. The third kappa shape index (κ3) is 4.75. The normalized spacial score (nSPS) is 11.2. The van der Waals surface area contributed by atoms with Gasteiger partial charge in [0.05, 0.1) is 5.75 Å². The summed E-state index contributed by atoms with van der Waals surface area (Å²) in [6, 6.07) is 6.25. The Morgan fingerprint density at radius 2 is 1.83 bits per heavy atom. The van der Waals surface area contributed by atoms with Crippen LogP contribution in [0, 0.1) is 0 Å². The maximum absolute atomic E-state index is 11.8. The van der Waals surface area contributed by atoms with Crippen LogP contribution in [0.25, 0.3) is 0 Å². The fourth-order valence-corrected chi connectivity index (χ4v) is 2.14. The van der Waals surface area contributed by atoms with Gasteiger partial charge >= 0.3 is 0 Å². The summed E-state index contributed by atoms with van der Waals surface area (Å²) < 4.78 is 21.9. The summed E-state index contributed by atoms with van der Waals surface area (Å²) in [5, 5.41) is 9.14. The minimum Gasteiger partial charge on any atom is -0.508 e. The van der Waals surface area contributed by atoms with Crippen LogP contribution in [-0.4, -0.2) is 38.5 Å². The second-order valence-electron chi connectivity index (χ2n) is 4.20. The summed E-state index contributed by atoms with van der Waals surface area (Å²) >= 11 is 0. The first-order valence-electron chi connectivity index (χ1n) is 5.53. The van der Waals surface area contributed by atoms with Crippen LogP contribution in [0.4, 0.5) is 5.69 Å². The molecule has 0 unspecified atom stereocenters. The van der Waals surface area contributed by atoms with Crippen LogP contribution in [0.3, 0.4) is 0 Å². The second-order valence-corrected chi connectivity index (χ2v) is 6.46. The maximum atomic E-state index is 11.8. The third-order valence-corrected chi connectivity index (χ3v) is 3.55. The van der Waals surface area contributed by atoms with Crippen molar-refractivity contribution in [1.82, 2.24) is 0 Å². The van der Waals surface area contributed by atoms with Gasteiger partial charge in [-0.1, -0.05) is 0 Å². The molecule has 0 atom stereocenters. The van der Waals surface area contributed by atoms with Gasteiger partial charge in [0, 0.05) is 25.4 Å². The molecule has 6 heteroatoms. The molecule has 1 amide bonds. The standard InChI is InChI=1S/C12H17NO4S/c1-13(10-5-7-11(14)8-6-10)12(15)4-3-9-18(2,16)17/h5-8,14H,3-4,9H2,1-2H3. The summed E-state index contributed by atoms with van der Waals surface area (Å²) in [7, 11) is -1.40. The largest absolute Gasteiger partial charge is 0.508 e. The highest BCUT2D eigenvalue weighted by Gasteiger charge is 2.12. The Labute approximate surface area is 107 Å². The minimum absolute atomic E-state index is 0.0160. The van der Waals surface area contributed by atoms with Crippen LogP contribution in [0.5, 0.6) is 5.75 Å².